The molecule has 53 heavy (non-hydrogen) atoms. The average Bonchev–Trinajstić information content (AvgIpc) is 3.88. The van der Waals surface area contributed by atoms with Crippen LogP contribution in [0.4, 0.5) is 0 Å². The molecule has 0 aliphatic heterocycles. The molecule has 8 aromatic carbocycles. The number of benzene rings is 8. The summed E-state index contributed by atoms with van der Waals surface area (Å²) < 4.78 is 11.5. The van der Waals surface area contributed by atoms with Crippen LogP contribution < -0.4 is 0 Å². The molecule has 0 saturated carbocycles. The van der Waals surface area contributed by atoms with Gasteiger partial charge in [0.05, 0.1) is 38.7 Å². The fourth-order valence-corrected chi connectivity index (χ4v) is 8.59. The second-order valence-electron chi connectivity index (χ2n) is 13.8. The Balaban J connectivity index is 1.32. The lowest BCUT2D eigenvalue weighted by Gasteiger charge is -2.14. The van der Waals surface area contributed by atoms with Crippen LogP contribution in [0.25, 0.3) is 110 Å². The van der Waals surface area contributed by atoms with Gasteiger partial charge in [-0.05, 0) is 53.2 Å². The summed E-state index contributed by atoms with van der Waals surface area (Å²) in [4.78, 5) is 10.8. The molecular weight excluding hydrogens is 649 g/mol. The van der Waals surface area contributed by atoms with Gasteiger partial charge in [-0.15, -0.1) is 0 Å². The first kappa shape index (κ1) is 28.5. The third kappa shape index (κ3) is 3.96. The molecule has 0 bridgehead atoms. The summed E-state index contributed by atoms with van der Waals surface area (Å²) in [5.74, 6) is 0.612. The van der Waals surface area contributed by atoms with E-state index in [1.165, 1.54) is 16.2 Å². The van der Waals surface area contributed by atoms with Gasteiger partial charge in [0.1, 0.15) is 11.2 Å². The smallest absolute Gasteiger partial charge is 0.235 e. The van der Waals surface area contributed by atoms with Crippen molar-refractivity contribution in [3.05, 3.63) is 170 Å². The topological polar surface area (TPSA) is 48.8 Å². The molecule has 0 spiro atoms. The van der Waals surface area contributed by atoms with Crippen LogP contribution in [-0.4, -0.2) is 19.1 Å². The van der Waals surface area contributed by atoms with E-state index >= 15 is 0 Å². The number of hydrogen-bond acceptors (Lipinski definition) is 3. The monoisotopic (exact) mass is 676 g/mol. The third-order valence-corrected chi connectivity index (χ3v) is 10.9. The number of fused-ring (bicyclic) bond motifs is 13. The summed E-state index contributed by atoms with van der Waals surface area (Å²) in [6.45, 7) is 0. The van der Waals surface area contributed by atoms with E-state index in [2.05, 4.69) is 161 Å². The SMILES string of the molecule is c1ccc(-c2nc(-n3c4ccc5c6ccccc6oc5c4c4ccc5c6ccccc6n(-c6ccc7ccccc7c6)c5c43)nc3ccccc23)cc1. The van der Waals surface area contributed by atoms with E-state index in [4.69, 9.17) is 14.4 Å². The summed E-state index contributed by atoms with van der Waals surface area (Å²) in [6.07, 6.45) is 0. The van der Waals surface area contributed by atoms with Gasteiger partial charge < -0.3 is 8.98 Å². The molecule has 246 valence electrons. The van der Waals surface area contributed by atoms with Crippen molar-refractivity contribution in [1.82, 2.24) is 19.1 Å². The molecule has 5 nitrogen and oxygen atoms in total. The first-order valence-corrected chi connectivity index (χ1v) is 17.9. The van der Waals surface area contributed by atoms with Gasteiger partial charge in [-0.1, -0.05) is 127 Å². The summed E-state index contributed by atoms with van der Waals surface area (Å²) in [5.41, 5.74) is 9.91. The van der Waals surface area contributed by atoms with Crippen LogP contribution >= 0.6 is 0 Å². The van der Waals surface area contributed by atoms with Gasteiger partial charge in [0.15, 0.2) is 0 Å². The van der Waals surface area contributed by atoms with E-state index in [0.717, 1.165) is 88.0 Å². The van der Waals surface area contributed by atoms with Gasteiger partial charge in [-0.25, -0.2) is 9.97 Å². The predicted molar refractivity (Wildman–Crippen MR) is 218 cm³/mol. The van der Waals surface area contributed by atoms with Crippen LogP contribution in [0.5, 0.6) is 0 Å². The number of nitrogens with zero attached hydrogens (tertiary/aromatic N) is 4. The van der Waals surface area contributed by atoms with Gasteiger partial charge in [-0.2, -0.15) is 0 Å². The van der Waals surface area contributed by atoms with Crippen molar-refractivity contribution < 1.29 is 4.42 Å². The molecule has 4 heterocycles. The third-order valence-electron chi connectivity index (χ3n) is 10.9. The molecular formula is C48H28N4O. The molecule has 12 aromatic rings. The Kier molecular flexibility index (Phi) is 5.71. The number of rotatable bonds is 3. The lowest BCUT2D eigenvalue weighted by Crippen LogP contribution is -2.04. The predicted octanol–water partition coefficient (Wildman–Crippen LogP) is 12.5. The minimum absolute atomic E-state index is 0.612. The molecule has 12 rings (SSSR count). The van der Waals surface area contributed by atoms with Crippen LogP contribution in [-0.2, 0) is 0 Å². The Morgan fingerprint density at radius 3 is 2.04 bits per heavy atom. The number of aromatic nitrogens is 4. The summed E-state index contributed by atoms with van der Waals surface area (Å²) >= 11 is 0. The quantitative estimate of drug-likeness (QED) is 0.187. The fourth-order valence-electron chi connectivity index (χ4n) is 8.59. The normalized spacial score (nSPS) is 12.2. The lowest BCUT2D eigenvalue weighted by atomic mass is 10.1. The Morgan fingerprint density at radius 2 is 1.13 bits per heavy atom. The van der Waals surface area contributed by atoms with E-state index < -0.39 is 0 Å². The molecule has 0 fully saturated rings. The highest BCUT2D eigenvalue weighted by Crippen LogP contribution is 2.45. The van der Waals surface area contributed by atoms with Crippen LogP contribution in [0.1, 0.15) is 0 Å². The molecule has 0 aliphatic rings. The summed E-state index contributed by atoms with van der Waals surface area (Å²) in [5, 5.41) is 10.1. The second-order valence-corrected chi connectivity index (χ2v) is 13.8. The van der Waals surface area contributed by atoms with Gasteiger partial charge in [-0.3, -0.25) is 4.57 Å². The fraction of sp³-hybridized carbons (Fsp3) is 0. The Hall–Kier alpha value is -7.24. The van der Waals surface area contributed by atoms with E-state index in [-0.39, 0.29) is 0 Å². The van der Waals surface area contributed by atoms with E-state index in [0.29, 0.717) is 5.95 Å². The van der Waals surface area contributed by atoms with Crippen molar-refractivity contribution in [2.45, 2.75) is 0 Å². The van der Waals surface area contributed by atoms with Crippen molar-refractivity contribution in [2.75, 3.05) is 0 Å². The molecule has 0 aliphatic carbocycles. The molecule has 0 amide bonds. The maximum absolute atomic E-state index is 6.76. The largest absolute Gasteiger partial charge is 0.455 e. The van der Waals surface area contributed by atoms with E-state index in [1.807, 2.05) is 18.2 Å². The highest BCUT2D eigenvalue weighted by atomic mass is 16.3. The minimum Gasteiger partial charge on any atom is -0.455 e. The maximum Gasteiger partial charge on any atom is 0.235 e. The van der Waals surface area contributed by atoms with Gasteiger partial charge in [0, 0.05) is 43.6 Å². The molecule has 0 unspecified atom stereocenters. The number of para-hydroxylation sites is 3. The molecule has 5 heteroatoms. The average molecular weight is 677 g/mol. The second kappa shape index (κ2) is 10.6. The zero-order valence-corrected chi connectivity index (χ0v) is 28.4. The van der Waals surface area contributed by atoms with Gasteiger partial charge >= 0.3 is 0 Å². The van der Waals surface area contributed by atoms with E-state index in [1.54, 1.807) is 0 Å². The standard InChI is InChI=1S/C48H28N4O/c1-2-13-30(14-3-1)44-37-18-6-9-19-39(37)49-48(50-44)52-41-27-26-36-34-17-8-11-21-42(34)53-47(36)43(41)38-25-24-35-33-16-7-10-20-40(33)51(45(35)46(38)52)32-23-22-29-12-4-5-15-31(29)28-32/h1-28H. The summed E-state index contributed by atoms with van der Waals surface area (Å²) in [6, 6.07) is 60.0. The zero-order valence-electron chi connectivity index (χ0n) is 28.4. The van der Waals surface area contributed by atoms with Crippen molar-refractivity contribution in [2.24, 2.45) is 0 Å². The van der Waals surface area contributed by atoms with Crippen molar-refractivity contribution in [1.29, 1.82) is 0 Å². The molecule has 0 atom stereocenters. The Morgan fingerprint density at radius 1 is 0.434 bits per heavy atom. The maximum atomic E-state index is 6.76. The van der Waals surface area contributed by atoms with Crippen LogP contribution in [0, 0.1) is 0 Å². The van der Waals surface area contributed by atoms with Crippen molar-refractivity contribution in [3.8, 4) is 22.9 Å². The van der Waals surface area contributed by atoms with Gasteiger partial charge in [0.2, 0.25) is 5.95 Å². The Bertz CT molecular complexity index is 3460. The molecule has 0 N–H and O–H groups in total. The first-order valence-electron chi connectivity index (χ1n) is 17.9. The summed E-state index contributed by atoms with van der Waals surface area (Å²) in [7, 11) is 0. The number of hydrogen-bond donors (Lipinski definition) is 0. The van der Waals surface area contributed by atoms with E-state index in [9.17, 15) is 0 Å². The Labute approximate surface area is 302 Å². The van der Waals surface area contributed by atoms with Gasteiger partial charge in [0.25, 0.3) is 0 Å². The molecule has 0 radical (unpaired) electrons. The van der Waals surface area contributed by atoms with Crippen molar-refractivity contribution >= 4 is 87.2 Å². The number of furan rings is 1. The van der Waals surface area contributed by atoms with Crippen LogP contribution in [0.3, 0.4) is 0 Å². The first-order chi connectivity index (χ1) is 26.3. The van der Waals surface area contributed by atoms with Crippen LogP contribution in [0.2, 0.25) is 0 Å². The molecule has 0 saturated heterocycles. The highest BCUT2D eigenvalue weighted by molar-refractivity contribution is 6.29. The minimum atomic E-state index is 0.612. The molecule has 4 aromatic heterocycles. The lowest BCUT2D eigenvalue weighted by molar-refractivity contribution is 0.673. The van der Waals surface area contributed by atoms with Crippen LogP contribution in [0.15, 0.2) is 174 Å². The zero-order chi connectivity index (χ0) is 34.6. The van der Waals surface area contributed by atoms with Crippen molar-refractivity contribution in [3.63, 3.8) is 0 Å². The highest BCUT2D eigenvalue weighted by Gasteiger charge is 2.25.